The summed E-state index contributed by atoms with van der Waals surface area (Å²) in [5.74, 6) is -0.113. The van der Waals surface area contributed by atoms with Gasteiger partial charge in [-0.05, 0) is 37.0 Å². The fourth-order valence-electron chi connectivity index (χ4n) is 2.57. The minimum atomic E-state index is -0.886. The van der Waals surface area contributed by atoms with E-state index < -0.39 is 5.97 Å². The number of anilines is 2. The maximum atomic E-state index is 11.2. The highest BCUT2D eigenvalue weighted by Crippen LogP contribution is 2.29. The molecule has 1 aromatic carbocycles. The number of nitrogens with zero attached hydrogens (tertiary/aromatic N) is 1. The number of piperidine rings is 1. The van der Waals surface area contributed by atoms with Gasteiger partial charge in [0.25, 0.3) is 0 Å². The van der Waals surface area contributed by atoms with Crippen LogP contribution in [0.15, 0.2) is 18.2 Å². The van der Waals surface area contributed by atoms with Crippen molar-refractivity contribution in [2.45, 2.75) is 26.2 Å². The van der Waals surface area contributed by atoms with Crippen LogP contribution in [0.4, 0.5) is 11.4 Å². The Labute approximate surface area is 107 Å². The monoisotopic (exact) mass is 248 g/mol. The van der Waals surface area contributed by atoms with E-state index in [-0.39, 0.29) is 0 Å². The quantitative estimate of drug-likeness (QED) is 0.807. The second-order valence-corrected chi connectivity index (χ2v) is 4.92. The zero-order valence-electron chi connectivity index (χ0n) is 10.7. The van der Waals surface area contributed by atoms with Gasteiger partial charge in [-0.2, -0.15) is 0 Å². The van der Waals surface area contributed by atoms with E-state index in [1.54, 1.807) is 18.2 Å². The highest BCUT2D eigenvalue weighted by Gasteiger charge is 2.22. The van der Waals surface area contributed by atoms with E-state index in [1.165, 1.54) is 6.42 Å². The van der Waals surface area contributed by atoms with Gasteiger partial charge in [-0.15, -0.1) is 0 Å². The number of aromatic carboxylic acids is 1. The number of carboxylic acid groups (broad SMARTS) is 1. The molecule has 1 aromatic rings. The molecule has 98 valence electrons. The van der Waals surface area contributed by atoms with Crippen LogP contribution in [0.25, 0.3) is 0 Å². The van der Waals surface area contributed by atoms with Crippen molar-refractivity contribution in [1.29, 1.82) is 0 Å². The van der Waals surface area contributed by atoms with Crippen LogP contribution in [0.5, 0.6) is 0 Å². The Morgan fingerprint density at radius 1 is 1.44 bits per heavy atom. The van der Waals surface area contributed by atoms with Crippen molar-refractivity contribution in [2.24, 2.45) is 5.92 Å². The third-order valence-corrected chi connectivity index (χ3v) is 3.78. The minimum Gasteiger partial charge on any atom is -0.478 e. The molecule has 4 heteroatoms. The van der Waals surface area contributed by atoms with E-state index in [0.29, 0.717) is 11.3 Å². The molecule has 2 rings (SSSR count). The highest BCUT2D eigenvalue weighted by molar-refractivity contribution is 5.95. The molecule has 1 fully saturated rings. The molecule has 0 amide bonds. The lowest BCUT2D eigenvalue weighted by Gasteiger charge is -2.34. The molecule has 0 bridgehead atoms. The number of carbonyl (C=O) groups is 1. The molecule has 0 aliphatic carbocycles. The number of hydrogen-bond acceptors (Lipinski definition) is 3. The van der Waals surface area contributed by atoms with Gasteiger partial charge in [-0.25, -0.2) is 4.79 Å². The van der Waals surface area contributed by atoms with Gasteiger partial charge in [-0.3, -0.25) is 0 Å². The van der Waals surface area contributed by atoms with E-state index in [4.69, 9.17) is 5.73 Å². The van der Waals surface area contributed by atoms with Gasteiger partial charge < -0.3 is 15.7 Å². The molecule has 0 radical (unpaired) electrons. The first kappa shape index (κ1) is 12.7. The summed E-state index contributed by atoms with van der Waals surface area (Å²) in [6.07, 6.45) is 3.46. The van der Waals surface area contributed by atoms with E-state index in [1.807, 2.05) is 0 Å². The fraction of sp³-hybridized carbons (Fsp3) is 0.500. The molecule has 1 aliphatic heterocycles. The summed E-state index contributed by atoms with van der Waals surface area (Å²) in [4.78, 5) is 13.4. The number of nitrogen functional groups attached to an aromatic ring is 1. The van der Waals surface area contributed by atoms with Crippen molar-refractivity contribution >= 4 is 17.3 Å². The topological polar surface area (TPSA) is 66.6 Å². The molecule has 1 saturated heterocycles. The maximum absolute atomic E-state index is 11.2. The average Bonchev–Trinajstić information content (AvgIpc) is 2.38. The number of hydrogen-bond donors (Lipinski definition) is 2. The Morgan fingerprint density at radius 3 is 2.67 bits per heavy atom. The Balaban J connectivity index is 2.22. The van der Waals surface area contributed by atoms with Crippen molar-refractivity contribution < 1.29 is 9.90 Å². The predicted octanol–water partition coefficient (Wildman–Crippen LogP) is 2.59. The Kier molecular flexibility index (Phi) is 3.75. The molecule has 0 spiro atoms. The van der Waals surface area contributed by atoms with Crippen LogP contribution in [0.3, 0.4) is 0 Å². The number of rotatable bonds is 3. The lowest BCUT2D eigenvalue weighted by Crippen LogP contribution is -2.34. The van der Waals surface area contributed by atoms with E-state index in [0.717, 1.165) is 37.5 Å². The molecule has 1 heterocycles. The predicted molar refractivity (Wildman–Crippen MR) is 73.0 cm³/mol. The zero-order chi connectivity index (χ0) is 13.1. The summed E-state index contributed by atoms with van der Waals surface area (Å²) in [5, 5.41) is 9.22. The average molecular weight is 248 g/mol. The smallest absolute Gasteiger partial charge is 0.337 e. The second kappa shape index (κ2) is 5.29. The van der Waals surface area contributed by atoms with Gasteiger partial charge in [-0.1, -0.05) is 13.3 Å². The first-order valence-electron chi connectivity index (χ1n) is 6.49. The summed E-state index contributed by atoms with van der Waals surface area (Å²) in [6, 6.07) is 5.01. The van der Waals surface area contributed by atoms with Crippen LogP contribution in [0.1, 0.15) is 36.5 Å². The van der Waals surface area contributed by atoms with Gasteiger partial charge >= 0.3 is 5.97 Å². The van der Waals surface area contributed by atoms with Crippen molar-refractivity contribution in [3.05, 3.63) is 23.8 Å². The molecule has 0 atom stereocenters. The van der Waals surface area contributed by atoms with Gasteiger partial charge in [0, 0.05) is 18.8 Å². The molecule has 4 nitrogen and oxygen atoms in total. The standard InChI is InChI=1S/C14H20N2O2/c1-2-10-5-7-16(8-6-10)13-9-11(15)3-4-12(13)14(17)18/h3-4,9-10H,2,5-8,15H2,1H3,(H,17,18). The molecule has 1 aliphatic rings. The number of carboxylic acids is 1. The van der Waals surface area contributed by atoms with E-state index in [2.05, 4.69) is 11.8 Å². The molecular formula is C14H20N2O2. The minimum absolute atomic E-state index is 0.346. The van der Waals surface area contributed by atoms with Crippen LogP contribution < -0.4 is 10.6 Å². The molecule has 0 saturated carbocycles. The van der Waals surface area contributed by atoms with Crippen molar-refractivity contribution in [3.63, 3.8) is 0 Å². The van der Waals surface area contributed by atoms with Crippen LogP contribution >= 0.6 is 0 Å². The lowest BCUT2D eigenvalue weighted by atomic mass is 9.93. The summed E-state index contributed by atoms with van der Waals surface area (Å²) < 4.78 is 0. The van der Waals surface area contributed by atoms with E-state index >= 15 is 0 Å². The van der Waals surface area contributed by atoms with Gasteiger partial charge in [0.1, 0.15) is 0 Å². The molecule has 3 N–H and O–H groups in total. The van der Waals surface area contributed by atoms with E-state index in [9.17, 15) is 9.90 Å². The molecule has 18 heavy (non-hydrogen) atoms. The summed E-state index contributed by atoms with van der Waals surface area (Å²) >= 11 is 0. The van der Waals surface area contributed by atoms with Crippen LogP contribution in [0.2, 0.25) is 0 Å². The Hall–Kier alpha value is -1.71. The number of benzene rings is 1. The molecule has 0 aromatic heterocycles. The lowest BCUT2D eigenvalue weighted by molar-refractivity contribution is 0.0697. The second-order valence-electron chi connectivity index (χ2n) is 4.92. The molecule has 0 unspecified atom stereocenters. The van der Waals surface area contributed by atoms with Gasteiger partial charge in [0.15, 0.2) is 0 Å². The first-order chi connectivity index (χ1) is 8.61. The van der Waals surface area contributed by atoms with Crippen molar-refractivity contribution in [2.75, 3.05) is 23.7 Å². The first-order valence-corrected chi connectivity index (χ1v) is 6.49. The van der Waals surface area contributed by atoms with Crippen LogP contribution in [-0.4, -0.2) is 24.2 Å². The summed E-state index contributed by atoms with van der Waals surface area (Å²) in [6.45, 7) is 4.05. The third-order valence-electron chi connectivity index (χ3n) is 3.78. The maximum Gasteiger partial charge on any atom is 0.337 e. The zero-order valence-corrected chi connectivity index (χ0v) is 10.7. The molecular weight excluding hydrogens is 228 g/mol. The van der Waals surface area contributed by atoms with Gasteiger partial charge in [0.2, 0.25) is 0 Å². The third kappa shape index (κ3) is 2.58. The SMILES string of the molecule is CCC1CCN(c2cc(N)ccc2C(=O)O)CC1. The van der Waals surface area contributed by atoms with Crippen LogP contribution in [0, 0.1) is 5.92 Å². The summed E-state index contributed by atoms with van der Waals surface area (Å²) in [5.41, 5.74) is 7.49. The van der Waals surface area contributed by atoms with Crippen LogP contribution in [-0.2, 0) is 0 Å². The largest absolute Gasteiger partial charge is 0.478 e. The summed E-state index contributed by atoms with van der Waals surface area (Å²) in [7, 11) is 0. The Morgan fingerprint density at radius 2 is 2.11 bits per heavy atom. The Bertz CT molecular complexity index is 437. The van der Waals surface area contributed by atoms with Gasteiger partial charge in [0.05, 0.1) is 11.3 Å². The fourth-order valence-corrected chi connectivity index (χ4v) is 2.57. The number of nitrogens with two attached hydrogens (primary N) is 1. The van der Waals surface area contributed by atoms with Crippen molar-refractivity contribution in [3.8, 4) is 0 Å². The normalized spacial score (nSPS) is 16.8. The van der Waals surface area contributed by atoms with Crippen molar-refractivity contribution in [1.82, 2.24) is 0 Å². The highest BCUT2D eigenvalue weighted by atomic mass is 16.4.